The summed E-state index contributed by atoms with van der Waals surface area (Å²) in [7, 11) is 0. The highest BCUT2D eigenvalue weighted by molar-refractivity contribution is 6.30. The first-order valence-corrected chi connectivity index (χ1v) is 12.7. The van der Waals surface area contributed by atoms with Gasteiger partial charge in [-0.3, -0.25) is 14.4 Å². The molecule has 3 aliphatic heterocycles. The van der Waals surface area contributed by atoms with E-state index in [1.54, 1.807) is 31.2 Å². The first-order valence-electron chi connectivity index (χ1n) is 12.3. The van der Waals surface area contributed by atoms with Crippen molar-refractivity contribution in [2.24, 2.45) is 11.8 Å². The van der Waals surface area contributed by atoms with Crippen LogP contribution in [0.15, 0.2) is 24.3 Å². The highest BCUT2D eigenvalue weighted by Crippen LogP contribution is 2.49. The van der Waals surface area contributed by atoms with Gasteiger partial charge in [-0.1, -0.05) is 17.7 Å². The second-order valence-electron chi connectivity index (χ2n) is 9.93. The number of fused-ring (bicyclic) bond motifs is 3. The lowest BCUT2D eigenvalue weighted by molar-refractivity contribution is -0.194. The maximum atomic E-state index is 14.9. The predicted molar refractivity (Wildman–Crippen MR) is 129 cm³/mol. The minimum Gasteiger partial charge on any atom is -0.374 e. The van der Waals surface area contributed by atoms with Crippen LogP contribution in [0, 0.1) is 23.2 Å². The zero-order chi connectivity index (χ0) is 26.0. The van der Waals surface area contributed by atoms with Crippen molar-refractivity contribution in [3.05, 3.63) is 29.3 Å². The summed E-state index contributed by atoms with van der Waals surface area (Å²) in [5.74, 6) is -6.32. The standard InChI is InChI=1S/C25H30ClF2N5O3/c1-14(31-17-6-2-5-16(26)11-17)24(36)33-19-7-8-20(25(27,28)12-19)21(33)23(35)32-18(13-29)10-15-4-3-9-30-22(15)34/h2,5-6,11,14-15,18-21,31H,3-4,7-10,12H2,1H3,(H,30,34)(H,32,35)/t14-,15-,18+,19+,20+,21-/m0/s1. The van der Waals surface area contributed by atoms with Crippen LogP contribution >= 0.6 is 11.6 Å². The van der Waals surface area contributed by atoms with E-state index >= 15 is 0 Å². The lowest BCUT2D eigenvalue weighted by atomic mass is 9.71. The van der Waals surface area contributed by atoms with Crippen LogP contribution in [-0.4, -0.2) is 59.3 Å². The highest BCUT2D eigenvalue weighted by atomic mass is 35.5. The molecule has 2 bridgehead atoms. The Morgan fingerprint density at radius 3 is 2.78 bits per heavy atom. The van der Waals surface area contributed by atoms with E-state index in [1.165, 1.54) is 4.90 Å². The number of anilines is 1. The van der Waals surface area contributed by atoms with Gasteiger partial charge >= 0.3 is 0 Å². The molecule has 5 rings (SSSR count). The number of benzene rings is 1. The van der Waals surface area contributed by atoms with Crippen LogP contribution in [0.4, 0.5) is 14.5 Å². The van der Waals surface area contributed by atoms with E-state index in [0.717, 1.165) is 6.42 Å². The summed E-state index contributed by atoms with van der Waals surface area (Å²) in [5, 5.41) is 18.4. The molecule has 1 aromatic carbocycles. The van der Waals surface area contributed by atoms with Gasteiger partial charge in [0.1, 0.15) is 18.1 Å². The Morgan fingerprint density at radius 1 is 1.33 bits per heavy atom. The molecule has 1 saturated carbocycles. The third-order valence-electron chi connectivity index (χ3n) is 7.43. The van der Waals surface area contributed by atoms with Gasteiger partial charge in [0.25, 0.3) is 5.92 Å². The van der Waals surface area contributed by atoms with E-state index in [4.69, 9.17) is 11.6 Å². The number of carbonyl (C=O) groups is 3. The molecule has 1 aliphatic carbocycles. The summed E-state index contributed by atoms with van der Waals surface area (Å²) in [5.41, 5.74) is 0.590. The monoisotopic (exact) mass is 521 g/mol. The first kappa shape index (κ1) is 26.1. The van der Waals surface area contributed by atoms with Gasteiger partial charge in [0.2, 0.25) is 17.7 Å². The second-order valence-corrected chi connectivity index (χ2v) is 10.4. The molecule has 0 radical (unpaired) electrons. The molecular formula is C25H30ClF2N5O3. The zero-order valence-electron chi connectivity index (χ0n) is 20.0. The molecule has 3 saturated heterocycles. The van der Waals surface area contributed by atoms with Gasteiger partial charge in [-0.05, 0) is 57.2 Å². The van der Waals surface area contributed by atoms with Crippen LogP contribution in [0.3, 0.4) is 0 Å². The maximum absolute atomic E-state index is 14.9. The van der Waals surface area contributed by atoms with Gasteiger partial charge in [-0.25, -0.2) is 8.78 Å². The fourth-order valence-electron chi connectivity index (χ4n) is 5.68. The van der Waals surface area contributed by atoms with Crippen molar-refractivity contribution in [3.63, 3.8) is 0 Å². The molecule has 3 heterocycles. The number of nitrogens with zero attached hydrogens (tertiary/aromatic N) is 2. The van der Waals surface area contributed by atoms with Crippen molar-refractivity contribution in [2.75, 3.05) is 11.9 Å². The number of amides is 3. The van der Waals surface area contributed by atoms with Gasteiger partial charge in [0.15, 0.2) is 0 Å². The molecule has 3 N–H and O–H groups in total. The summed E-state index contributed by atoms with van der Waals surface area (Å²) >= 11 is 6.02. The fraction of sp³-hybridized carbons (Fsp3) is 0.600. The van der Waals surface area contributed by atoms with E-state index in [1.807, 2.05) is 6.07 Å². The summed E-state index contributed by atoms with van der Waals surface area (Å²) in [6.07, 6.45) is 1.43. The molecular weight excluding hydrogens is 492 g/mol. The number of rotatable bonds is 7. The van der Waals surface area contributed by atoms with Crippen molar-refractivity contribution in [1.29, 1.82) is 5.26 Å². The van der Waals surface area contributed by atoms with Gasteiger partial charge in [0, 0.05) is 35.6 Å². The maximum Gasteiger partial charge on any atom is 0.255 e. The zero-order valence-corrected chi connectivity index (χ0v) is 20.7. The first-order chi connectivity index (χ1) is 17.1. The lowest BCUT2D eigenvalue weighted by Gasteiger charge is -2.54. The molecule has 4 fully saturated rings. The summed E-state index contributed by atoms with van der Waals surface area (Å²) < 4.78 is 29.8. The van der Waals surface area contributed by atoms with Crippen LogP contribution < -0.4 is 16.0 Å². The van der Waals surface area contributed by atoms with E-state index in [0.29, 0.717) is 30.1 Å². The van der Waals surface area contributed by atoms with Crippen LogP contribution in [-0.2, 0) is 14.4 Å². The van der Waals surface area contributed by atoms with Crippen molar-refractivity contribution in [2.45, 2.75) is 75.5 Å². The van der Waals surface area contributed by atoms with E-state index < -0.39 is 60.2 Å². The number of piperidine rings is 3. The summed E-state index contributed by atoms with van der Waals surface area (Å²) in [6, 6.07) is 4.74. The van der Waals surface area contributed by atoms with Crippen molar-refractivity contribution >= 4 is 35.0 Å². The lowest BCUT2D eigenvalue weighted by Crippen LogP contribution is -2.70. The molecule has 11 heteroatoms. The number of nitrogens with one attached hydrogen (secondary N) is 3. The third kappa shape index (κ3) is 5.41. The molecule has 8 nitrogen and oxygen atoms in total. The van der Waals surface area contributed by atoms with Crippen molar-refractivity contribution in [3.8, 4) is 6.07 Å². The molecule has 6 atom stereocenters. The van der Waals surface area contributed by atoms with Gasteiger partial charge < -0.3 is 20.9 Å². The minimum absolute atomic E-state index is 0.0892. The summed E-state index contributed by atoms with van der Waals surface area (Å²) in [4.78, 5) is 40.3. The average molecular weight is 522 g/mol. The Bertz CT molecular complexity index is 1060. The molecule has 36 heavy (non-hydrogen) atoms. The SMILES string of the molecule is C[C@H](Nc1cccc(Cl)c1)C(=O)N1[C@@H]2CC[C@H]([C@H]1C(=O)N[C@@H](C#N)C[C@@H]1CCCNC1=O)C(F)(F)C2. The van der Waals surface area contributed by atoms with Crippen molar-refractivity contribution < 1.29 is 23.2 Å². The Kier molecular flexibility index (Phi) is 7.69. The van der Waals surface area contributed by atoms with Crippen molar-refractivity contribution in [1.82, 2.24) is 15.5 Å². The number of carbonyl (C=O) groups excluding carboxylic acids is 3. The van der Waals surface area contributed by atoms with Crippen LogP contribution in [0.25, 0.3) is 0 Å². The smallest absolute Gasteiger partial charge is 0.255 e. The third-order valence-corrected chi connectivity index (χ3v) is 7.66. The average Bonchev–Trinajstić information content (AvgIpc) is 2.83. The number of hydrogen-bond donors (Lipinski definition) is 3. The van der Waals surface area contributed by atoms with E-state index in [2.05, 4.69) is 16.0 Å². The van der Waals surface area contributed by atoms with Crippen LogP contribution in [0.2, 0.25) is 5.02 Å². The predicted octanol–water partition coefficient (Wildman–Crippen LogP) is 3.08. The number of alkyl halides is 2. The second kappa shape index (κ2) is 10.6. The number of hydrogen-bond acceptors (Lipinski definition) is 5. The Morgan fingerprint density at radius 2 is 2.11 bits per heavy atom. The molecule has 0 aromatic heterocycles. The van der Waals surface area contributed by atoms with Gasteiger partial charge in [-0.15, -0.1) is 0 Å². The van der Waals surface area contributed by atoms with Crippen LogP contribution in [0.1, 0.15) is 45.4 Å². The van der Waals surface area contributed by atoms with Crippen LogP contribution in [0.5, 0.6) is 0 Å². The Balaban J connectivity index is 1.52. The van der Waals surface area contributed by atoms with Gasteiger partial charge in [0.05, 0.1) is 12.0 Å². The molecule has 1 aromatic rings. The van der Waals surface area contributed by atoms with Gasteiger partial charge in [-0.2, -0.15) is 5.26 Å². The topological polar surface area (TPSA) is 114 Å². The van der Waals surface area contributed by atoms with E-state index in [9.17, 15) is 28.4 Å². The minimum atomic E-state index is -3.10. The number of nitriles is 1. The largest absolute Gasteiger partial charge is 0.374 e. The number of halogens is 3. The quantitative estimate of drug-likeness (QED) is 0.510. The molecule has 194 valence electrons. The molecule has 0 spiro atoms. The molecule has 0 unspecified atom stereocenters. The molecule has 3 amide bonds. The van der Waals surface area contributed by atoms with E-state index in [-0.39, 0.29) is 18.7 Å². The Hall–Kier alpha value is -2.93. The molecule has 4 aliphatic rings. The normalized spacial score (nSPS) is 28.4. The fourth-order valence-corrected chi connectivity index (χ4v) is 5.87. The Labute approximate surface area is 213 Å². The summed E-state index contributed by atoms with van der Waals surface area (Å²) in [6.45, 7) is 2.18. The highest BCUT2D eigenvalue weighted by Gasteiger charge is 2.60.